The summed E-state index contributed by atoms with van der Waals surface area (Å²) in [5.41, 5.74) is -0.521. The highest BCUT2D eigenvalue weighted by atomic mass is 79.9. The van der Waals surface area contributed by atoms with E-state index < -0.39 is 17.5 Å². The van der Waals surface area contributed by atoms with E-state index in [1.165, 1.54) is 6.07 Å². The van der Waals surface area contributed by atoms with Crippen LogP contribution >= 0.6 is 15.9 Å². The highest BCUT2D eigenvalue weighted by Crippen LogP contribution is 2.34. The van der Waals surface area contributed by atoms with Gasteiger partial charge < -0.3 is 4.74 Å². The van der Waals surface area contributed by atoms with Gasteiger partial charge in [0, 0.05) is 10.0 Å². The Kier molecular flexibility index (Phi) is 4.90. The number of Topliss-reactive ketones (excluding diaryl/α,β-unsaturated/α-hetero) is 1. The first-order valence-electron chi connectivity index (χ1n) is 6.37. The molecule has 0 aliphatic heterocycles. The molecule has 0 saturated heterocycles. The number of hydrogen-bond acceptors (Lipinski definition) is 2. The number of benzene rings is 2. The number of alkyl halides is 3. The molecule has 0 aliphatic rings. The first-order valence-corrected chi connectivity index (χ1v) is 7.16. The Labute approximate surface area is 134 Å². The van der Waals surface area contributed by atoms with E-state index >= 15 is 0 Å². The van der Waals surface area contributed by atoms with Crippen molar-refractivity contribution in [1.29, 1.82) is 0 Å². The van der Waals surface area contributed by atoms with E-state index in [-0.39, 0.29) is 17.9 Å². The third-order valence-corrected chi connectivity index (χ3v) is 3.46. The molecule has 6 heteroatoms. The Bertz CT molecular complexity index is 696. The van der Waals surface area contributed by atoms with Gasteiger partial charge in [0.05, 0.1) is 5.56 Å². The third-order valence-electron chi connectivity index (χ3n) is 2.97. The van der Waals surface area contributed by atoms with Crippen molar-refractivity contribution >= 4 is 21.7 Å². The van der Waals surface area contributed by atoms with Crippen LogP contribution in [0.4, 0.5) is 13.2 Å². The molecule has 0 aromatic heterocycles. The zero-order valence-corrected chi connectivity index (χ0v) is 13.2. The van der Waals surface area contributed by atoms with Crippen molar-refractivity contribution in [2.45, 2.75) is 19.7 Å². The fraction of sp³-hybridized carbons (Fsp3) is 0.188. The van der Waals surface area contributed by atoms with Crippen LogP contribution in [0, 0.1) is 0 Å². The topological polar surface area (TPSA) is 26.3 Å². The first-order chi connectivity index (χ1) is 10.3. The van der Waals surface area contributed by atoms with Crippen LogP contribution in [0.25, 0.3) is 0 Å². The molecule has 0 unspecified atom stereocenters. The predicted molar refractivity (Wildman–Crippen MR) is 79.9 cm³/mol. The molecule has 0 aliphatic carbocycles. The highest BCUT2D eigenvalue weighted by molar-refractivity contribution is 9.10. The normalized spacial score (nSPS) is 11.3. The second-order valence-electron chi connectivity index (χ2n) is 4.68. The quantitative estimate of drug-likeness (QED) is 0.685. The Morgan fingerprint density at radius 1 is 1.18 bits per heavy atom. The molecule has 0 fully saturated rings. The lowest BCUT2D eigenvalue weighted by molar-refractivity contribution is -0.138. The summed E-state index contributed by atoms with van der Waals surface area (Å²) in [5, 5.41) is 0. The van der Waals surface area contributed by atoms with Gasteiger partial charge in [-0.3, -0.25) is 4.79 Å². The van der Waals surface area contributed by atoms with Crippen molar-refractivity contribution in [3.05, 3.63) is 63.6 Å². The van der Waals surface area contributed by atoms with Gasteiger partial charge in [-0.15, -0.1) is 0 Å². The molecule has 22 heavy (non-hydrogen) atoms. The van der Waals surface area contributed by atoms with Crippen LogP contribution in [-0.4, -0.2) is 5.78 Å². The van der Waals surface area contributed by atoms with Crippen molar-refractivity contribution < 1.29 is 22.7 Å². The van der Waals surface area contributed by atoms with Crippen molar-refractivity contribution in [2.24, 2.45) is 0 Å². The summed E-state index contributed by atoms with van der Waals surface area (Å²) in [6.45, 7) is 1.24. The minimum atomic E-state index is -4.60. The summed E-state index contributed by atoms with van der Waals surface area (Å²) >= 11 is 3.31. The lowest BCUT2D eigenvalue weighted by Gasteiger charge is -2.13. The van der Waals surface area contributed by atoms with Crippen molar-refractivity contribution in [2.75, 3.05) is 0 Å². The summed E-state index contributed by atoms with van der Waals surface area (Å²) in [6.07, 6.45) is -4.60. The Balaban J connectivity index is 2.24. The van der Waals surface area contributed by atoms with E-state index in [9.17, 15) is 18.0 Å². The molecule has 0 N–H and O–H groups in total. The van der Waals surface area contributed by atoms with Gasteiger partial charge in [-0.25, -0.2) is 0 Å². The molecular weight excluding hydrogens is 361 g/mol. The average Bonchev–Trinajstić information content (AvgIpc) is 2.44. The van der Waals surface area contributed by atoms with Crippen LogP contribution in [-0.2, 0) is 12.8 Å². The van der Waals surface area contributed by atoms with E-state index in [4.69, 9.17) is 4.74 Å². The summed E-state index contributed by atoms with van der Waals surface area (Å²) in [7, 11) is 0. The molecule has 0 spiro atoms. The highest BCUT2D eigenvalue weighted by Gasteiger charge is 2.34. The molecule has 0 bridgehead atoms. The molecule has 0 radical (unpaired) electrons. The van der Waals surface area contributed by atoms with Gasteiger partial charge in [0.25, 0.3) is 0 Å². The monoisotopic (exact) mass is 372 g/mol. The van der Waals surface area contributed by atoms with Crippen LogP contribution < -0.4 is 4.74 Å². The maximum Gasteiger partial charge on any atom is 0.417 e. The van der Waals surface area contributed by atoms with E-state index in [2.05, 4.69) is 15.9 Å². The van der Waals surface area contributed by atoms with E-state index in [0.29, 0.717) is 0 Å². The largest absolute Gasteiger partial charge is 0.489 e. The number of hydrogen-bond donors (Lipinski definition) is 0. The molecule has 0 amide bonds. The maximum atomic E-state index is 13.0. The van der Waals surface area contributed by atoms with Crippen LogP contribution in [0.2, 0.25) is 0 Å². The number of rotatable bonds is 4. The van der Waals surface area contributed by atoms with Gasteiger partial charge in [-0.05, 0) is 42.8 Å². The Morgan fingerprint density at radius 3 is 2.50 bits per heavy atom. The van der Waals surface area contributed by atoms with Gasteiger partial charge in [0.2, 0.25) is 0 Å². The number of carbonyl (C=O) groups excluding carboxylic acids is 1. The van der Waals surface area contributed by atoms with Crippen LogP contribution in [0.3, 0.4) is 0 Å². The SMILES string of the molecule is CC(=O)c1ccc(OCc2cccc(Br)c2)cc1C(F)(F)F. The molecule has 2 aromatic rings. The Hall–Kier alpha value is -1.82. The molecule has 2 nitrogen and oxygen atoms in total. The van der Waals surface area contributed by atoms with Crippen LogP contribution in [0.5, 0.6) is 5.75 Å². The zero-order valence-electron chi connectivity index (χ0n) is 11.6. The molecule has 2 aromatic carbocycles. The van der Waals surface area contributed by atoms with Crippen molar-refractivity contribution in [1.82, 2.24) is 0 Å². The molecule has 2 rings (SSSR count). The van der Waals surface area contributed by atoms with Crippen molar-refractivity contribution in [3.8, 4) is 5.75 Å². The third kappa shape index (κ3) is 4.10. The number of ether oxygens (including phenoxy) is 1. The summed E-state index contributed by atoms with van der Waals surface area (Å²) < 4.78 is 45.2. The average molecular weight is 373 g/mol. The number of ketones is 1. The maximum absolute atomic E-state index is 13.0. The van der Waals surface area contributed by atoms with E-state index in [1.54, 1.807) is 6.07 Å². The molecular formula is C16H12BrF3O2. The fourth-order valence-electron chi connectivity index (χ4n) is 1.95. The lowest BCUT2D eigenvalue weighted by atomic mass is 10.0. The summed E-state index contributed by atoms with van der Waals surface area (Å²) in [4.78, 5) is 11.3. The predicted octanol–water partition coefficient (Wildman–Crippen LogP) is 5.25. The van der Waals surface area contributed by atoms with Gasteiger partial charge in [0.1, 0.15) is 12.4 Å². The zero-order chi connectivity index (χ0) is 16.3. The minimum absolute atomic E-state index is 0.0669. The summed E-state index contributed by atoms with van der Waals surface area (Å²) in [6, 6.07) is 10.6. The summed E-state index contributed by atoms with van der Waals surface area (Å²) in [5.74, 6) is -0.567. The number of carbonyl (C=O) groups is 1. The van der Waals surface area contributed by atoms with Crippen LogP contribution in [0.15, 0.2) is 46.9 Å². The standard InChI is InChI=1S/C16H12BrF3O2/c1-10(21)14-6-5-13(8-15(14)16(18,19)20)22-9-11-3-2-4-12(17)7-11/h2-8H,9H2,1H3. The van der Waals surface area contributed by atoms with Gasteiger partial charge >= 0.3 is 6.18 Å². The van der Waals surface area contributed by atoms with Gasteiger partial charge in [-0.2, -0.15) is 13.2 Å². The fourth-order valence-corrected chi connectivity index (χ4v) is 2.39. The molecule has 116 valence electrons. The first kappa shape index (κ1) is 16.5. The second-order valence-corrected chi connectivity index (χ2v) is 5.60. The molecule has 0 atom stereocenters. The minimum Gasteiger partial charge on any atom is -0.489 e. The second kappa shape index (κ2) is 6.52. The van der Waals surface area contributed by atoms with Crippen LogP contribution in [0.1, 0.15) is 28.4 Å². The van der Waals surface area contributed by atoms with Crippen molar-refractivity contribution in [3.63, 3.8) is 0 Å². The number of halogens is 4. The van der Waals surface area contributed by atoms with Gasteiger partial charge in [0.15, 0.2) is 5.78 Å². The smallest absolute Gasteiger partial charge is 0.417 e. The van der Waals surface area contributed by atoms with E-state index in [1.807, 2.05) is 18.2 Å². The molecule has 0 saturated carbocycles. The lowest BCUT2D eigenvalue weighted by Crippen LogP contribution is -2.12. The Morgan fingerprint density at radius 2 is 1.91 bits per heavy atom. The van der Waals surface area contributed by atoms with E-state index in [0.717, 1.165) is 29.1 Å². The van der Waals surface area contributed by atoms with Gasteiger partial charge in [-0.1, -0.05) is 28.1 Å². The molecule has 0 heterocycles.